The lowest BCUT2D eigenvalue weighted by molar-refractivity contribution is -0.632. The molecule has 9 heteroatoms. The number of esters is 1. The number of nitrogens with one attached hydrogen (secondary N) is 1. The van der Waals surface area contributed by atoms with Crippen molar-refractivity contribution >= 4 is 39.6 Å². The van der Waals surface area contributed by atoms with Crippen molar-refractivity contribution in [2.45, 2.75) is 13.5 Å². The predicted molar refractivity (Wildman–Crippen MR) is 90.4 cm³/mol. The Bertz CT molecular complexity index is 1090. The normalized spacial score (nSPS) is 11.3. The second kappa shape index (κ2) is 6.14. The van der Waals surface area contributed by atoms with Gasteiger partial charge in [-0.2, -0.15) is 4.98 Å². The number of ether oxygens (including phenoxy) is 1. The number of aromatic nitrogens is 6. The molecule has 0 saturated carbocycles. The van der Waals surface area contributed by atoms with Crippen LogP contribution in [0.15, 0.2) is 36.8 Å². The van der Waals surface area contributed by atoms with Crippen molar-refractivity contribution in [3.8, 4) is 5.82 Å². The molecule has 0 atom stereocenters. The lowest BCUT2D eigenvalue weighted by Gasteiger charge is -2.04. The Labute approximate surface area is 147 Å². The molecule has 0 spiro atoms. The number of halogens is 1. The van der Waals surface area contributed by atoms with Crippen molar-refractivity contribution < 1.29 is 14.2 Å². The van der Waals surface area contributed by atoms with E-state index in [9.17, 15) is 4.79 Å². The first-order valence-corrected chi connectivity index (χ1v) is 8.07. The summed E-state index contributed by atoms with van der Waals surface area (Å²) in [6.45, 7) is 2.09. The van der Waals surface area contributed by atoms with Gasteiger partial charge in [0.25, 0.3) is 0 Å². The fourth-order valence-electron chi connectivity index (χ4n) is 2.75. The molecule has 4 aromatic rings. The summed E-state index contributed by atoms with van der Waals surface area (Å²) in [4.78, 5) is 24.6. The Morgan fingerprint density at radius 1 is 1.36 bits per heavy atom. The zero-order chi connectivity index (χ0) is 17.4. The predicted octanol–water partition coefficient (Wildman–Crippen LogP) is 1.80. The third-order valence-corrected chi connectivity index (χ3v) is 3.94. The topological polar surface area (TPSA) is 89.6 Å². The van der Waals surface area contributed by atoms with Gasteiger partial charge in [-0.15, -0.1) is 4.68 Å². The number of rotatable bonds is 4. The Balaban J connectivity index is 1.93. The number of benzene rings is 1. The molecule has 0 aliphatic rings. The largest absolute Gasteiger partial charge is 0.465 e. The second-order valence-corrected chi connectivity index (χ2v) is 5.67. The number of aromatic amines is 1. The maximum Gasteiger partial charge on any atom is 0.378 e. The van der Waals surface area contributed by atoms with Crippen LogP contribution in [0.5, 0.6) is 0 Å². The maximum absolute atomic E-state index is 11.9. The molecule has 0 radical (unpaired) electrons. The third kappa shape index (κ3) is 2.70. The average Bonchev–Trinajstić information content (AvgIpc) is 3.19. The van der Waals surface area contributed by atoms with Gasteiger partial charge in [-0.1, -0.05) is 12.1 Å². The number of para-hydroxylation sites is 1. The standard InChI is InChI=1S/C16H13ClN6O2/c1-2-25-12(24)8-22-9-18-14-13(22)15(21-16(17)20-14)23-11-6-4-3-5-10(11)7-19-23/h3-7,9H,2,8H2,1H3/p+1. The summed E-state index contributed by atoms with van der Waals surface area (Å²) in [7, 11) is 0. The Morgan fingerprint density at radius 2 is 2.20 bits per heavy atom. The average molecular weight is 358 g/mol. The van der Waals surface area contributed by atoms with Gasteiger partial charge in [0, 0.05) is 5.39 Å². The van der Waals surface area contributed by atoms with Crippen LogP contribution < -0.4 is 4.68 Å². The monoisotopic (exact) mass is 357 g/mol. The number of imidazole rings is 1. The van der Waals surface area contributed by atoms with Crippen LogP contribution in [0.2, 0.25) is 5.28 Å². The molecule has 1 N–H and O–H groups in total. The zero-order valence-electron chi connectivity index (χ0n) is 13.3. The first-order valence-electron chi connectivity index (χ1n) is 7.70. The zero-order valence-corrected chi connectivity index (χ0v) is 14.1. The van der Waals surface area contributed by atoms with Gasteiger partial charge in [0.15, 0.2) is 16.7 Å². The number of carbonyl (C=O) groups is 1. The number of fused-ring (bicyclic) bond motifs is 2. The fourth-order valence-corrected chi connectivity index (χ4v) is 2.91. The SMILES string of the molecule is CCOC(=O)Cn1cnc2nc(Cl)nc(-[n+]3[nH]cc4ccccc43)c21. The highest BCUT2D eigenvalue weighted by atomic mass is 35.5. The Hall–Kier alpha value is -3.00. The number of hydrogen-bond acceptors (Lipinski definition) is 5. The van der Waals surface area contributed by atoms with E-state index in [1.807, 2.05) is 30.5 Å². The van der Waals surface area contributed by atoms with Gasteiger partial charge in [-0.25, -0.2) is 10.1 Å². The molecule has 0 aliphatic carbocycles. The van der Waals surface area contributed by atoms with Crippen LogP contribution in [0.1, 0.15) is 6.92 Å². The van der Waals surface area contributed by atoms with E-state index >= 15 is 0 Å². The highest BCUT2D eigenvalue weighted by Gasteiger charge is 2.25. The van der Waals surface area contributed by atoms with Crippen LogP contribution in [0.3, 0.4) is 0 Å². The van der Waals surface area contributed by atoms with Gasteiger partial charge in [0.2, 0.25) is 0 Å². The van der Waals surface area contributed by atoms with E-state index in [4.69, 9.17) is 16.3 Å². The molecule has 3 heterocycles. The summed E-state index contributed by atoms with van der Waals surface area (Å²) in [6.07, 6.45) is 3.39. The van der Waals surface area contributed by atoms with E-state index < -0.39 is 0 Å². The highest BCUT2D eigenvalue weighted by molar-refractivity contribution is 6.28. The summed E-state index contributed by atoms with van der Waals surface area (Å²) >= 11 is 6.07. The molecule has 0 saturated heterocycles. The molecular weight excluding hydrogens is 344 g/mol. The molecule has 1 aromatic carbocycles. The number of nitrogens with zero attached hydrogens (tertiary/aromatic N) is 5. The Kier molecular flexibility index (Phi) is 3.81. The minimum absolute atomic E-state index is 0.0154. The minimum Gasteiger partial charge on any atom is -0.465 e. The minimum atomic E-state index is -0.357. The van der Waals surface area contributed by atoms with Crippen molar-refractivity contribution in [1.82, 2.24) is 24.6 Å². The van der Waals surface area contributed by atoms with E-state index in [-0.39, 0.29) is 17.8 Å². The molecule has 8 nitrogen and oxygen atoms in total. The second-order valence-electron chi connectivity index (χ2n) is 5.33. The summed E-state index contributed by atoms with van der Waals surface area (Å²) < 4.78 is 8.46. The molecule has 25 heavy (non-hydrogen) atoms. The van der Waals surface area contributed by atoms with Crippen LogP contribution in [-0.2, 0) is 16.1 Å². The molecule has 0 amide bonds. The van der Waals surface area contributed by atoms with Gasteiger partial charge in [-0.05, 0) is 35.6 Å². The van der Waals surface area contributed by atoms with Crippen molar-refractivity contribution in [2.75, 3.05) is 6.61 Å². The van der Waals surface area contributed by atoms with E-state index in [2.05, 4.69) is 20.1 Å². The van der Waals surface area contributed by atoms with Crippen LogP contribution in [0.4, 0.5) is 0 Å². The summed E-state index contributed by atoms with van der Waals surface area (Å²) in [5.41, 5.74) is 1.92. The van der Waals surface area contributed by atoms with Gasteiger partial charge < -0.3 is 9.30 Å². The number of H-pyrrole nitrogens is 1. The smallest absolute Gasteiger partial charge is 0.378 e. The highest BCUT2D eigenvalue weighted by Crippen LogP contribution is 2.19. The third-order valence-electron chi connectivity index (χ3n) is 3.77. The van der Waals surface area contributed by atoms with Crippen molar-refractivity contribution in [1.29, 1.82) is 0 Å². The van der Waals surface area contributed by atoms with Crippen LogP contribution in [0.25, 0.3) is 27.9 Å². The molecule has 126 valence electrons. The van der Waals surface area contributed by atoms with E-state index in [1.165, 1.54) is 6.33 Å². The number of carbonyl (C=O) groups excluding carboxylic acids is 1. The van der Waals surface area contributed by atoms with Crippen molar-refractivity contribution in [2.24, 2.45) is 0 Å². The lowest BCUT2D eigenvalue weighted by atomic mass is 10.2. The first-order chi connectivity index (χ1) is 12.2. The van der Waals surface area contributed by atoms with Gasteiger partial charge in [0.1, 0.15) is 6.54 Å². The van der Waals surface area contributed by atoms with Gasteiger partial charge >= 0.3 is 17.1 Å². The van der Waals surface area contributed by atoms with Crippen molar-refractivity contribution in [3.63, 3.8) is 0 Å². The van der Waals surface area contributed by atoms with Crippen LogP contribution in [-0.4, -0.2) is 37.2 Å². The van der Waals surface area contributed by atoms with Gasteiger partial charge in [-0.3, -0.25) is 4.79 Å². The first kappa shape index (κ1) is 15.5. The molecule has 0 aliphatic heterocycles. The number of hydrogen-bond donors (Lipinski definition) is 1. The molecule has 0 unspecified atom stereocenters. The van der Waals surface area contributed by atoms with E-state index in [1.54, 1.807) is 16.2 Å². The van der Waals surface area contributed by atoms with E-state index in [0.717, 1.165) is 10.9 Å². The van der Waals surface area contributed by atoms with E-state index in [0.29, 0.717) is 23.6 Å². The molecular formula is C16H14ClN6O2+. The molecule has 3 aromatic heterocycles. The quantitative estimate of drug-likeness (QED) is 0.342. The summed E-state index contributed by atoms with van der Waals surface area (Å²) in [6, 6.07) is 7.83. The maximum atomic E-state index is 11.9. The summed E-state index contributed by atoms with van der Waals surface area (Å²) in [5.74, 6) is 0.155. The van der Waals surface area contributed by atoms with Crippen LogP contribution >= 0.6 is 11.6 Å². The summed E-state index contributed by atoms with van der Waals surface area (Å²) in [5, 5.41) is 4.25. The lowest BCUT2D eigenvalue weighted by Crippen LogP contribution is -2.35. The molecule has 4 rings (SSSR count). The van der Waals surface area contributed by atoms with Gasteiger partial charge in [0.05, 0.1) is 19.1 Å². The molecule has 0 fully saturated rings. The molecule has 0 bridgehead atoms. The van der Waals surface area contributed by atoms with Crippen molar-refractivity contribution in [3.05, 3.63) is 42.1 Å². The Morgan fingerprint density at radius 3 is 3.04 bits per heavy atom. The fraction of sp³-hybridized carbons (Fsp3) is 0.188. The van der Waals surface area contributed by atoms with Crippen LogP contribution in [0, 0.1) is 0 Å².